The van der Waals surface area contributed by atoms with Crippen LogP contribution in [0.25, 0.3) is 0 Å². The average molecular weight is 299 g/mol. The summed E-state index contributed by atoms with van der Waals surface area (Å²) in [5, 5.41) is 13.6. The predicted molar refractivity (Wildman–Crippen MR) is 73.8 cm³/mol. The lowest BCUT2D eigenvalue weighted by molar-refractivity contribution is 0.251. The molecule has 2 N–H and O–H groups in total. The van der Waals surface area contributed by atoms with Crippen LogP contribution in [0.5, 0.6) is 5.75 Å². The number of carbonyl (C=O) groups is 1. The molecule has 0 aliphatic heterocycles. The lowest BCUT2D eigenvalue weighted by Crippen LogP contribution is -2.28. The van der Waals surface area contributed by atoms with Crippen molar-refractivity contribution in [3.05, 3.63) is 34.3 Å². The van der Waals surface area contributed by atoms with E-state index >= 15 is 0 Å². The van der Waals surface area contributed by atoms with Gasteiger partial charge in [0.15, 0.2) is 0 Å². The van der Waals surface area contributed by atoms with E-state index in [2.05, 4.69) is 20.8 Å². The molecular formula is C11H11ClN4O2S. The number of halogens is 1. The summed E-state index contributed by atoms with van der Waals surface area (Å²) in [5.41, 5.74) is 2.33. The van der Waals surface area contributed by atoms with Crippen LogP contribution in [0.4, 0.5) is 9.93 Å². The first-order valence-electron chi connectivity index (χ1n) is 5.32. The number of benzene rings is 1. The number of anilines is 1. The number of aromatic nitrogens is 2. The summed E-state index contributed by atoms with van der Waals surface area (Å²) >= 11 is 7.15. The summed E-state index contributed by atoms with van der Waals surface area (Å²) in [4.78, 5) is 11.6. The van der Waals surface area contributed by atoms with Crippen molar-refractivity contribution in [3.8, 4) is 5.75 Å². The van der Waals surface area contributed by atoms with E-state index in [9.17, 15) is 4.79 Å². The van der Waals surface area contributed by atoms with Gasteiger partial charge in [0.1, 0.15) is 11.3 Å². The SMILES string of the molecule is COc1ccc(Cl)cc1CNC(=O)Nc1nncs1. The van der Waals surface area contributed by atoms with Gasteiger partial charge >= 0.3 is 6.03 Å². The third kappa shape index (κ3) is 3.80. The minimum absolute atomic E-state index is 0.300. The first-order chi connectivity index (χ1) is 9.19. The van der Waals surface area contributed by atoms with Gasteiger partial charge in [-0.2, -0.15) is 0 Å². The quantitative estimate of drug-likeness (QED) is 0.909. The molecule has 1 aromatic heterocycles. The third-order valence-corrected chi connectivity index (χ3v) is 3.10. The van der Waals surface area contributed by atoms with E-state index in [0.29, 0.717) is 22.4 Å². The number of amides is 2. The Kier molecular flexibility index (Phi) is 4.53. The van der Waals surface area contributed by atoms with Crippen LogP contribution in [-0.4, -0.2) is 23.3 Å². The number of methoxy groups -OCH3 is 1. The van der Waals surface area contributed by atoms with Gasteiger partial charge in [0.25, 0.3) is 0 Å². The molecule has 1 aromatic carbocycles. The fourth-order valence-corrected chi connectivity index (χ4v) is 2.06. The van der Waals surface area contributed by atoms with E-state index in [-0.39, 0.29) is 6.03 Å². The van der Waals surface area contributed by atoms with Crippen molar-refractivity contribution in [2.75, 3.05) is 12.4 Å². The molecule has 0 atom stereocenters. The molecule has 0 radical (unpaired) electrons. The van der Waals surface area contributed by atoms with Gasteiger partial charge in [0.2, 0.25) is 5.13 Å². The van der Waals surface area contributed by atoms with Crippen LogP contribution in [0, 0.1) is 0 Å². The smallest absolute Gasteiger partial charge is 0.321 e. The first kappa shape index (κ1) is 13.6. The van der Waals surface area contributed by atoms with Crippen LogP contribution in [0.2, 0.25) is 5.02 Å². The Balaban J connectivity index is 1.94. The Morgan fingerprint density at radius 3 is 3.05 bits per heavy atom. The van der Waals surface area contributed by atoms with Crippen LogP contribution < -0.4 is 15.4 Å². The number of carbonyl (C=O) groups excluding carboxylic acids is 1. The van der Waals surface area contributed by atoms with Crippen LogP contribution in [0.3, 0.4) is 0 Å². The second kappa shape index (κ2) is 6.35. The summed E-state index contributed by atoms with van der Waals surface area (Å²) in [6.07, 6.45) is 0. The Bertz CT molecular complexity index is 562. The molecule has 2 aromatic rings. The maximum absolute atomic E-state index is 11.6. The average Bonchev–Trinajstić information content (AvgIpc) is 2.89. The van der Waals surface area contributed by atoms with Gasteiger partial charge < -0.3 is 10.1 Å². The van der Waals surface area contributed by atoms with E-state index in [4.69, 9.17) is 16.3 Å². The van der Waals surface area contributed by atoms with Gasteiger partial charge in [-0.15, -0.1) is 10.2 Å². The molecule has 6 nitrogen and oxygen atoms in total. The molecule has 0 aliphatic rings. The summed E-state index contributed by atoms with van der Waals surface area (Å²) in [6, 6.07) is 4.86. The fourth-order valence-electron chi connectivity index (χ4n) is 1.43. The summed E-state index contributed by atoms with van der Waals surface area (Å²) in [7, 11) is 1.56. The summed E-state index contributed by atoms with van der Waals surface area (Å²) < 4.78 is 5.19. The normalized spacial score (nSPS) is 10.0. The largest absolute Gasteiger partial charge is 0.496 e. The zero-order valence-electron chi connectivity index (χ0n) is 10.0. The molecule has 100 valence electrons. The zero-order chi connectivity index (χ0) is 13.7. The van der Waals surface area contributed by atoms with Gasteiger partial charge in [0, 0.05) is 17.1 Å². The van der Waals surface area contributed by atoms with Crippen LogP contribution in [-0.2, 0) is 6.54 Å². The zero-order valence-corrected chi connectivity index (χ0v) is 11.6. The standard InChI is InChI=1S/C11H11ClN4O2S/c1-18-9-3-2-8(12)4-7(9)5-13-10(17)15-11-16-14-6-19-11/h2-4,6H,5H2,1H3,(H2,13,15,16,17). The van der Waals surface area contributed by atoms with Crippen LogP contribution in [0.1, 0.15) is 5.56 Å². The molecule has 0 saturated heterocycles. The molecule has 2 rings (SSSR count). The number of rotatable bonds is 4. The van der Waals surface area contributed by atoms with Crippen LogP contribution >= 0.6 is 22.9 Å². The van der Waals surface area contributed by atoms with Crippen molar-refractivity contribution >= 4 is 34.1 Å². The minimum atomic E-state index is -0.362. The lowest BCUT2D eigenvalue weighted by atomic mass is 10.2. The van der Waals surface area contributed by atoms with Crippen molar-refractivity contribution in [1.82, 2.24) is 15.5 Å². The Hall–Kier alpha value is -1.86. The van der Waals surface area contributed by atoms with Crippen molar-refractivity contribution < 1.29 is 9.53 Å². The maximum Gasteiger partial charge on any atom is 0.321 e. The van der Waals surface area contributed by atoms with Crippen molar-refractivity contribution in [2.45, 2.75) is 6.54 Å². The van der Waals surface area contributed by atoms with Crippen LogP contribution in [0.15, 0.2) is 23.7 Å². The number of hydrogen-bond donors (Lipinski definition) is 2. The molecule has 19 heavy (non-hydrogen) atoms. The monoisotopic (exact) mass is 298 g/mol. The van der Waals surface area contributed by atoms with E-state index in [0.717, 1.165) is 5.56 Å². The Morgan fingerprint density at radius 2 is 2.37 bits per heavy atom. The topological polar surface area (TPSA) is 76.1 Å². The van der Waals surface area contributed by atoms with E-state index in [1.807, 2.05) is 0 Å². The molecule has 2 amide bonds. The first-order valence-corrected chi connectivity index (χ1v) is 6.58. The molecular weight excluding hydrogens is 288 g/mol. The highest BCUT2D eigenvalue weighted by Crippen LogP contribution is 2.22. The molecule has 0 spiro atoms. The fraction of sp³-hybridized carbons (Fsp3) is 0.182. The molecule has 8 heteroatoms. The van der Waals surface area contributed by atoms with Gasteiger partial charge in [-0.3, -0.25) is 5.32 Å². The molecule has 0 aliphatic carbocycles. The maximum atomic E-state index is 11.6. The number of nitrogens with zero attached hydrogens (tertiary/aromatic N) is 2. The highest BCUT2D eigenvalue weighted by Gasteiger charge is 2.07. The molecule has 1 heterocycles. The molecule has 0 saturated carbocycles. The predicted octanol–water partition coefficient (Wildman–Crippen LogP) is 2.52. The second-order valence-electron chi connectivity index (χ2n) is 3.51. The number of ether oxygens (including phenoxy) is 1. The van der Waals surface area contributed by atoms with Gasteiger partial charge in [-0.05, 0) is 18.2 Å². The van der Waals surface area contributed by atoms with E-state index in [1.165, 1.54) is 16.8 Å². The molecule has 0 fully saturated rings. The van der Waals surface area contributed by atoms with Gasteiger partial charge in [-0.1, -0.05) is 22.9 Å². The van der Waals surface area contributed by atoms with Gasteiger partial charge in [-0.25, -0.2) is 4.79 Å². The van der Waals surface area contributed by atoms with E-state index < -0.39 is 0 Å². The minimum Gasteiger partial charge on any atom is -0.496 e. The highest BCUT2D eigenvalue weighted by molar-refractivity contribution is 7.13. The molecule has 0 bridgehead atoms. The summed E-state index contributed by atoms with van der Waals surface area (Å²) in [5.74, 6) is 0.667. The number of nitrogens with one attached hydrogen (secondary N) is 2. The van der Waals surface area contributed by atoms with Crippen molar-refractivity contribution in [2.24, 2.45) is 0 Å². The third-order valence-electron chi connectivity index (χ3n) is 2.26. The van der Waals surface area contributed by atoms with Crippen molar-refractivity contribution in [1.29, 1.82) is 0 Å². The highest BCUT2D eigenvalue weighted by atomic mass is 35.5. The van der Waals surface area contributed by atoms with E-state index in [1.54, 1.807) is 25.3 Å². The lowest BCUT2D eigenvalue weighted by Gasteiger charge is -2.10. The molecule has 0 unspecified atom stereocenters. The Morgan fingerprint density at radius 1 is 1.53 bits per heavy atom. The summed E-state index contributed by atoms with van der Waals surface area (Å²) in [6.45, 7) is 0.300. The van der Waals surface area contributed by atoms with Crippen molar-refractivity contribution in [3.63, 3.8) is 0 Å². The number of hydrogen-bond acceptors (Lipinski definition) is 5. The second-order valence-corrected chi connectivity index (χ2v) is 4.78. The number of urea groups is 1. The van der Waals surface area contributed by atoms with Gasteiger partial charge in [0.05, 0.1) is 7.11 Å². The Labute approximate surface area is 118 Å².